The molecule has 0 fully saturated rings. The van der Waals surface area contributed by atoms with Crippen molar-refractivity contribution >= 4 is 27.0 Å². The molecule has 2 aromatic rings. The lowest BCUT2D eigenvalue weighted by molar-refractivity contribution is 0.402. The van der Waals surface area contributed by atoms with E-state index in [1.54, 1.807) is 11.3 Å². The highest BCUT2D eigenvalue weighted by Gasteiger charge is 2.19. The van der Waals surface area contributed by atoms with Crippen molar-refractivity contribution < 1.29 is 13.2 Å². The van der Waals surface area contributed by atoms with E-state index in [9.17, 15) is 8.42 Å². The second-order valence-corrected chi connectivity index (χ2v) is 7.36. The Morgan fingerprint density at radius 3 is 2.65 bits per heavy atom. The number of rotatable bonds is 5. The zero-order chi connectivity index (χ0) is 14.8. The van der Waals surface area contributed by atoms with Crippen LogP contribution in [0.3, 0.4) is 0 Å². The summed E-state index contributed by atoms with van der Waals surface area (Å²) in [6.07, 6.45) is 0. The van der Waals surface area contributed by atoms with Crippen LogP contribution in [-0.2, 0) is 16.6 Å². The summed E-state index contributed by atoms with van der Waals surface area (Å²) in [5, 5.41) is 0. The van der Waals surface area contributed by atoms with Crippen LogP contribution >= 0.6 is 11.3 Å². The number of ether oxygens (including phenoxy) is 1. The summed E-state index contributed by atoms with van der Waals surface area (Å²) in [4.78, 5) is 2.19. The number of methoxy groups -OCH3 is 1. The number of benzene rings is 1. The molecule has 0 aliphatic rings. The molecule has 0 saturated carbocycles. The van der Waals surface area contributed by atoms with Gasteiger partial charge in [0.05, 0.1) is 7.11 Å². The van der Waals surface area contributed by atoms with Crippen molar-refractivity contribution in [3.05, 3.63) is 40.1 Å². The first-order chi connectivity index (χ1) is 9.42. The maximum atomic E-state index is 12.3. The first-order valence-corrected chi connectivity index (χ1v) is 8.21. The smallest absolute Gasteiger partial charge is 0.244 e. The van der Waals surface area contributed by atoms with Crippen molar-refractivity contribution in [2.75, 3.05) is 12.8 Å². The number of aryl methyl sites for hydroxylation is 1. The fourth-order valence-corrected chi connectivity index (χ4v) is 3.81. The van der Waals surface area contributed by atoms with Crippen LogP contribution in [-0.4, -0.2) is 15.5 Å². The Kier molecular flexibility index (Phi) is 4.32. The van der Waals surface area contributed by atoms with Crippen molar-refractivity contribution in [3.8, 4) is 5.75 Å². The number of anilines is 1. The predicted octanol–water partition coefficient (Wildman–Crippen LogP) is 2.13. The van der Waals surface area contributed by atoms with Gasteiger partial charge in [-0.1, -0.05) is 0 Å². The molecule has 0 aliphatic carbocycles. The lowest BCUT2D eigenvalue weighted by Gasteiger charge is -2.10. The van der Waals surface area contributed by atoms with E-state index in [-0.39, 0.29) is 17.2 Å². The fourth-order valence-electron chi connectivity index (χ4n) is 1.73. The minimum absolute atomic E-state index is 0.0856. The largest absolute Gasteiger partial charge is 0.495 e. The molecular weight excluding hydrogens is 296 g/mol. The van der Waals surface area contributed by atoms with Crippen molar-refractivity contribution in [1.29, 1.82) is 0 Å². The number of nitrogens with two attached hydrogens (primary N) is 1. The Labute approximate surface area is 122 Å². The van der Waals surface area contributed by atoms with Crippen LogP contribution < -0.4 is 15.2 Å². The van der Waals surface area contributed by atoms with Crippen molar-refractivity contribution in [1.82, 2.24) is 4.72 Å². The second kappa shape index (κ2) is 5.82. The highest BCUT2D eigenvalue weighted by atomic mass is 32.2. The predicted molar refractivity (Wildman–Crippen MR) is 80.5 cm³/mol. The van der Waals surface area contributed by atoms with Gasteiger partial charge in [-0.2, -0.15) is 0 Å². The molecule has 3 N–H and O–H groups in total. The molecule has 0 atom stereocenters. The van der Waals surface area contributed by atoms with Crippen LogP contribution in [0.1, 0.15) is 9.75 Å². The van der Waals surface area contributed by atoms with Crippen LogP contribution in [0.15, 0.2) is 35.2 Å². The van der Waals surface area contributed by atoms with Crippen molar-refractivity contribution in [2.45, 2.75) is 18.4 Å². The number of thiophene rings is 1. The summed E-state index contributed by atoms with van der Waals surface area (Å²) in [6.45, 7) is 2.24. The van der Waals surface area contributed by atoms with Gasteiger partial charge in [0.15, 0.2) is 0 Å². The zero-order valence-electron chi connectivity index (χ0n) is 11.2. The van der Waals surface area contributed by atoms with Crippen LogP contribution in [0.4, 0.5) is 5.69 Å². The molecule has 2 rings (SSSR count). The van der Waals surface area contributed by atoms with E-state index in [0.29, 0.717) is 5.69 Å². The molecule has 7 heteroatoms. The summed E-state index contributed by atoms with van der Waals surface area (Å²) in [5.41, 5.74) is 6.07. The molecule has 0 unspecified atom stereocenters. The average Bonchev–Trinajstić information content (AvgIpc) is 2.82. The molecular formula is C13H16N2O3S2. The number of nitrogen functional groups attached to an aromatic ring is 1. The Hall–Kier alpha value is -1.57. The molecule has 0 aliphatic heterocycles. The molecule has 1 aromatic heterocycles. The van der Waals surface area contributed by atoms with Crippen LogP contribution in [0.5, 0.6) is 5.75 Å². The van der Waals surface area contributed by atoms with Gasteiger partial charge in [0.1, 0.15) is 10.6 Å². The second-order valence-electron chi connectivity index (χ2n) is 4.25. The van der Waals surface area contributed by atoms with E-state index < -0.39 is 10.0 Å². The molecule has 0 amide bonds. The Morgan fingerprint density at radius 2 is 2.05 bits per heavy atom. The van der Waals surface area contributed by atoms with E-state index >= 15 is 0 Å². The van der Waals surface area contributed by atoms with E-state index in [1.165, 1.54) is 25.3 Å². The van der Waals surface area contributed by atoms with Crippen LogP contribution in [0.2, 0.25) is 0 Å². The molecule has 0 saturated heterocycles. The molecule has 0 spiro atoms. The summed E-state index contributed by atoms with van der Waals surface area (Å²) < 4.78 is 32.2. The molecule has 20 heavy (non-hydrogen) atoms. The molecule has 5 nitrogen and oxygen atoms in total. The van der Waals surface area contributed by atoms with Gasteiger partial charge in [-0.3, -0.25) is 0 Å². The number of nitrogens with one attached hydrogen (secondary N) is 1. The average molecular weight is 312 g/mol. The third-order valence-corrected chi connectivity index (χ3v) is 5.15. The van der Waals surface area contributed by atoms with E-state index in [2.05, 4.69) is 4.72 Å². The molecule has 108 valence electrons. The van der Waals surface area contributed by atoms with E-state index in [0.717, 1.165) is 9.75 Å². The van der Waals surface area contributed by atoms with Gasteiger partial charge >= 0.3 is 0 Å². The summed E-state index contributed by atoms with van der Waals surface area (Å²) in [6, 6.07) is 8.33. The number of sulfonamides is 1. The summed E-state index contributed by atoms with van der Waals surface area (Å²) in [7, 11) is -2.22. The first kappa shape index (κ1) is 14.8. The SMILES string of the molecule is COc1cc(N)ccc1S(=O)(=O)NCc1ccc(C)s1. The lowest BCUT2D eigenvalue weighted by Crippen LogP contribution is -2.23. The first-order valence-electron chi connectivity index (χ1n) is 5.91. The van der Waals surface area contributed by atoms with Crippen LogP contribution in [0, 0.1) is 6.92 Å². The highest BCUT2D eigenvalue weighted by Crippen LogP contribution is 2.26. The van der Waals surface area contributed by atoms with Gasteiger partial charge in [-0.05, 0) is 31.2 Å². The standard InChI is InChI=1S/C13H16N2O3S2/c1-9-3-5-11(19-9)8-15-20(16,17)13-6-4-10(14)7-12(13)18-2/h3-7,15H,8,14H2,1-2H3. The Morgan fingerprint density at radius 1 is 1.30 bits per heavy atom. The summed E-state index contributed by atoms with van der Waals surface area (Å²) in [5.74, 6) is 0.236. The maximum absolute atomic E-state index is 12.3. The monoisotopic (exact) mass is 312 g/mol. The van der Waals surface area contributed by atoms with E-state index in [1.807, 2.05) is 19.1 Å². The third kappa shape index (κ3) is 3.30. The van der Waals surface area contributed by atoms with Gasteiger partial charge in [0.25, 0.3) is 0 Å². The van der Waals surface area contributed by atoms with Gasteiger partial charge in [0.2, 0.25) is 10.0 Å². The minimum Gasteiger partial charge on any atom is -0.495 e. The lowest BCUT2D eigenvalue weighted by atomic mass is 10.3. The zero-order valence-corrected chi connectivity index (χ0v) is 12.8. The molecule has 1 heterocycles. The number of hydrogen-bond acceptors (Lipinski definition) is 5. The van der Waals surface area contributed by atoms with Gasteiger partial charge in [0, 0.05) is 28.1 Å². The number of hydrogen-bond donors (Lipinski definition) is 2. The third-order valence-electron chi connectivity index (χ3n) is 2.71. The van der Waals surface area contributed by atoms with Crippen LogP contribution in [0.25, 0.3) is 0 Å². The van der Waals surface area contributed by atoms with Gasteiger partial charge < -0.3 is 10.5 Å². The van der Waals surface area contributed by atoms with Crippen molar-refractivity contribution in [2.24, 2.45) is 0 Å². The van der Waals surface area contributed by atoms with E-state index in [4.69, 9.17) is 10.5 Å². The minimum atomic E-state index is -3.63. The highest BCUT2D eigenvalue weighted by molar-refractivity contribution is 7.89. The normalized spacial score (nSPS) is 11.5. The van der Waals surface area contributed by atoms with Crippen molar-refractivity contribution in [3.63, 3.8) is 0 Å². The molecule has 1 aromatic carbocycles. The summed E-state index contributed by atoms with van der Waals surface area (Å²) >= 11 is 1.56. The fraction of sp³-hybridized carbons (Fsp3) is 0.231. The van der Waals surface area contributed by atoms with Gasteiger partial charge in [-0.15, -0.1) is 11.3 Å². The molecule has 0 radical (unpaired) electrons. The van der Waals surface area contributed by atoms with Gasteiger partial charge in [-0.25, -0.2) is 13.1 Å². The molecule has 0 bridgehead atoms. The Bertz CT molecular complexity index is 708. The Balaban J connectivity index is 2.22. The topological polar surface area (TPSA) is 81.4 Å². The quantitative estimate of drug-likeness (QED) is 0.829. The maximum Gasteiger partial charge on any atom is 0.244 e.